The van der Waals surface area contributed by atoms with Crippen LogP contribution in [0.2, 0.25) is 0 Å². The summed E-state index contributed by atoms with van der Waals surface area (Å²) in [5.74, 6) is 0.233. The molecule has 1 unspecified atom stereocenters. The van der Waals surface area contributed by atoms with Crippen LogP contribution in [-0.4, -0.2) is 36.6 Å². The molecule has 2 rings (SSSR count). The molecule has 0 saturated carbocycles. The lowest BCUT2D eigenvalue weighted by Gasteiger charge is -2.32. The molecule has 4 nitrogen and oxygen atoms in total. The van der Waals surface area contributed by atoms with E-state index in [9.17, 15) is 4.79 Å². The normalized spacial score (nSPS) is 18.7. The standard InChI is InChI=1S/C17H26N2O2/c1-2-12-21-16-4-3-11-19(13-16)17(20)10-7-14-5-8-15(18)9-6-14/h5-6,8-9,16H,2-4,7,10-13,18H2,1H3. The molecule has 1 fully saturated rings. The first-order valence-corrected chi connectivity index (χ1v) is 7.93. The van der Waals surface area contributed by atoms with Crippen LogP contribution in [0.5, 0.6) is 0 Å². The van der Waals surface area contributed by atoms with Gasteiger partial charge in [-0.2, -0.15) is 0 Å². The van der Waals surface area contributed by atoms with Gasteiger partial charge in [-0.25, -0.2) is 0 Å². The van der Waals surface area contributed by atoms with E-state index in [0.717, 1.165) is 56.6 Å². The first-order chi connectivity index (χ1) is 10.2. The Morgan fingerprint density at radius 3 is 2.86 bits per heavy atom. The summed E-state index contributed by atoms with van der Waals surface area (Å²) in [6.07, 6.45) is 4.70. The molecule has 1 aliphatic rings. The van der Waals surface area contributed by atoms with E-state index in [4.69, 9.17) is 10.5 Å². The van der Waals surface area contributed by atoms with Crippen LogP contribution in [0.4, 0.5) is 5.69 Å². The minimum Gasteiger partial charge on any atom is -0.399 e. The van der Waals surface area contributed by atoms with E-state index in [0.29, 0.717) is 6.42 Å². The van der Waals surface area contributed by atoms with E-state index < -0.39 is 0 Å². The number of ether oxygens (including phenoxy) is 1. The molecule has 4 heteroatoms. The van der Waals surface area contributed by atoms with Crippen LogP contribution in [0.3, 0.4) is 0 Å². The third-order valence-corrected chi connectivity index (χ3v) is 3.90. The number of carbonyl (C=O) groups is 1. The summed E-state index contributed by atoms with van der Waals surface area (Å²) in [7, 11) is 0. The van der Waals surface area contributed by atoms with Crippen LogP contribution < -0.4 is 5.73 Å². The van der Waals surface area contributed by atoms with Crippen molar-refractivity contribution in [3.05, 3.63) is 29.8 Å². The topological polar surface area (TPSA) is 55.6 Å². The maximum atomic E-state index is 12.3. The second kappa shape index (κ2) is 8.03. The van der Waals surface area contributed by atoms with Crippen molar-refractivity contribution in [2.45, 2.75) is 45.1 Å². The number of hydrogen-bond acceptors (Lipinski definition) is 3. The quantitative estimate of drug-likeness (QED) is 0.819. The number of nitrogens with two attached hydrogens (primary N) is 1. The van der Waals surface area contributed by atoms with Crippen molar-refractivity contribution in [1.82, 2.24) is 4.90 Å². The maximum Gasteiger partial charge on any atom is 0.222 e. The van der Waals surface area contributed by atoms with Crippen LogP contribution in [0.1, 0.15) is 38.2 Å². The lowest BCUT2D eigenvalue weighted by Crippen LogP contribution is -2.43. The minimum absolute atomic E-state index is 0.221. The Hall–Kier alpha value is -1.55. The van der Waals surface area contributed by atoms with E-state index in [2.05, 4.69) is 6.92 Å². The van der Waals surface area contributed by atoms with Gasteiger partial charge in [-0.05, 0) is 43.4 Å². The van der Waals surface area contributed by atoms with Gasteiger partial charge in [-0.3, -0.25) is 4.79 Å². The van der Waals surface area contributed by atoms with Gasteiger partial charge in [-0.1, -0.05) is 19.1 Å². The summed E-state index contributed by atoms with van der Waals surface area (Å²) in [5.41, 5.74) is 7.59. The Morgan fingerprint density at radius 2 is 2.14 bits per heavy atom. The molecule has 21 heavy (non-hydrogen) atoms. The average molecular weight is 290 g/mol. The molecule has 1 aromatic carbocycles. The lowest BCUT2D eigenvalue weighted by atomic mass is 10.1. The lowest BCUT2D eigenvalue weighted by molar-refractivity contribution is -0.135. The Morgan fingerprint density at radius 1 is 1.38 bits per heavy atom. The molecule has 1 aromatic rings. The van der Waals surface area contributed by atoms with Gasteiger partial charge in [-0.15, -0.1) is 0 Å². The van der Waals surface area contributed by atoms with Crippen LogP contribution in [0.25, 0.3) is 0 Å². The smallest absolute Gasteiger partial charge is 0.222 e. The molecule has 0 aromatic heterocycles. The van der Waals surface area contributed by atoms with Gasteiger partial charge in [0, 0.05) is 31.8 Å². The van der Waals surface area contributed by atoms with Crippen LogP contribution >= 0.6 is 0 Å². The zero-order chi connectivity index (χ0) is 15.1. The molecule has 1 saturated heterocycles. The number of hydrogen-bond donors (Lipinski definition) is 1. The summed E-state index contributed by atoms with van der Waals surface area (Å²) >= 11 is 0. The molecule has 116 valence electrons. The van der Waals surface area contributed by atoms with Gasteiger partial charge in [0.2, 0.25) is 5.91 Å². The Kier molecular flexibility index (Phi) is 6.05. The molecule has 0 aliphatic carbocycles. The molecule has 0 spiro atoms. The third-order valence-electron chi connectivity index (χ3n) is 3.90. The molecule has 0 radical (unpaired) electrons. The molecular weight excluding hydrogens is 264 g/mol. The van der Waals surface area contributed by atoms with Crippen molar-refractivity contribution in [2.24, 2.45) is 0 Å². The molecule has 0 bridgehead atoms. The Bertz CT molecular complexity index is 445. The number of likely N-dealkylation sites (tertiary alicyclic amines) is 1. The predicted molar refractivity (Wildman–Crippen MR) is 85.0 cm³/mol. The largest absolute Gasteiger partial charge is 0.399 e. The highest BCUT2D eigenvalue weighted by Crippen LogP contribution is 2.16. The summed E-state index contributed by atoms with van der Waals surface area (Å²) in [6.45, 7) is 4.52. The summed E-state index contributed by atoms with van der Waals surface area (Å²) in [5, 5.41) is 0. The second-order valence-electron chi connectivity index (χ2n) is 5.72. The van der Waals surface area contributed by atoms with Crippen LogP contribution in [-0.2, 0) is 16.0 Å². The highest BCUT2D eigenvalue weighted by molar-refractivity contribution is 5.76. The van der Waals surface area contributed by atoms with Gasteiger partial charge < -0.3 is 15.4 Å². The second-order valence-corrected chi connectivity index (χ2v) is 5.72. The zero-order valence-corrected chi connectivity index (χ0v) is 12.9. The van der Waals surface area contributed by atoms with Crippen molar-refractivity contribution >= 4 is 11.6 Å². The van der Waals surface area contributed by atoms with Crippen molar-refractivity contribution < 1.29 is 9.53 Å². The Labute approximate surface area is 127 Å². The molecule has 1 aliphatic heterocycles. The highest BCUT2D eigenvalue weighted by Gasteiger charge is 2.23. The fraction of sp³-hybridized carbons (Fsp3) is 0.588. The van der Waals surface area contributed by atoms with E-state index >= 15 is 0 Å². The van der Waals surface area contributed by atoms with Crippen LogP contribution in [0, 0.1) is 0 Å². The van der Waals surface area contributed by atoms with E-state index in [1.807, 2.05) is 29.2 Å². The number of nitrogens with zero attached hydrogens (tertiary/aromatic N) is 1. The fourth-order valence-corrected chi connectivity index (χ4v) is 2.68. The number of piperidine rings is 1. The zero-order valence-electron chi connectivity index (χ0n) is 12.9. The summed E-state index contributed by atoms with van der Waals surface area (Å²) in [6, 6.07) is 7.75. The van der Waals surface area contributed by atoms with Crippen molar-refractivity contribution in [3.63, 3.8) is 0 Å². The molecule has 1 heterocycles. The summed E-state index contributed by atoms with van der Waals surface area (Å²) in [4.78, 5) is 14.3. The SMILES string of the molecule is CCCOC1CCCN(C(=O)CCc2ccc(N)cc2)C1. The van der Waals surface area contributed by atoms with E-state index in [1.165, 1.54) is 0 Å². The molecule has 2 N–H and O–H groups in total. The van der Waals surface area contributed by atoms with Crippen molar-refractivity contribution in [2.75, 3.05) is 25.4 Å². The van der Waals surface area contributed by atoms with Gasteiger partial charge in [0.25, 0.3) is 0 Å². The van der Waals surface area contributed by atoms with Gasteiger partial charge in [0.1, 0.15) is 0 Å². The number of amides is 1. The highest BCUT2D eigenvalue weighted by atomic mass is 16.5. The predicted octanol–water partition coefficient (Wildman–Crippen LogP) is 2.62. The number of nitrogen functional groups attached to an aromatic ring is 1. The van der Waals surface area contributed by atoms with Crippen LogP contribution in [0.15, 0.2) is 24.3 Å². The monoisotopic (exact) mass is 290 g/mol. The van der Waals surface area contributed by atoms with Crippen molar-refractivity contribution in [1.29, 1.82) is 0 Å². The number of benzene rings is 1. The fourth-order valence-electron chi connectivity index (χ4n) is 2.68. The molecule has 1 atom stereocenters. The minimum atomic E-state index is 0.221. The van der Waals surface area contributed by atoms with Gasteiger partial charge >= 0.3 is 0 Å². The number of aryl methyl sites for hydroxylation is 1. The number of anilines is 1. The summed E-state index contributed by atoms with van der Waals surface area (Å²) < 4.78 is 5.78. The Balaban J connectivity index is 1.78. The van der Waals surface area contributed by atoms with E-state index in [-0.39, 0.29) is 12.0 Å². The molecular formula is C17H26N2O2. The number of carbonyl (C=O) groups excluding carboxylic acids is 1. The van der Waals surface area contributed by atoms with Gasteiger partial charge in [0.15, 0.2) is 0 Å². The average Bonchev–Trinajstić information content (AvgIpc) is 2.52. The molecule has 1 amide bonds. The first kappa shape index (κ1) is 15.8. The first-order valence-electron chi connectivity index (χ1n) is 7.93. The maximum absolute atomic E-state index is 12.3. The third kappa shape index (κ3) is 5.05. The van der Waals surface area contributed by atoms with E-state index in [1.54, 1.807) is 0 Å². The number of rotatable bonds is 6. The van der Waals surface area contributed by atoms with Crippen molar-refractivity contribution in [3.8, 4) is 0 Å². The van der Waals surface area contributed by atoms with Gasteiger partial charge in [0.05, 0.1) is 6.10 Å².